The molecular formula is C9H20N2O3S. The first-order valence-electron chi connectivity index (χ1n) is 5.34. The number of hydrogen-bond acceptors (Lipinski definition) is 4. The maximum atomic E-state index is 11.4. The topological polar surface area (TPSA) is 67.4 Å². The molecule has 0 saturated carbocycles. The predicted octanol–water partition coefficient (Wildman–Crippen LogP) is -0.306. The highest BCUT2D eigenvalue weighted by atomic mass is 32.2. The van der Waals surface area contributed by atoms with Crippen LogP contribution < -0.4 is 10.0 Å². The van der Waals surface area contributed by atoms with E-state index in [0.717, 1.165) is 19.4 Å². The van der Waals surface area contributed by atoms with Crippen molar-refractivity contribution in [1.82, 2.24) is 10.0 Å². The van der Waals surface area contributed by atoms with Crippen molar-refractivity contribution in [2.45, 2.75) is 25.3 Å². The zero-order valence-electron chi connectivity index (χ0n) is 9.16. The fraction of sp³-hybridized carbons (Fsp3) is 1.00. The van der Waals surface area contributed by atoms with E-state index in [1.807, 2.05) is 0 Å². The number of sulfonamides is 1. The van der Waals surface area contributed by atoms with Crippen molar-refractivity contribution >= 4 is 10.0 Å². The van der Waals surface area contributed by atoms with E-state index in [1.54, 1.807) is 0 Å². The van der Waals surface area contributed by atoms with E-state index in [1.165, 1.54) is 13.5 Å². The van der Waals surface area contributed by atoms with E-state index in [-0.39, 0.29) is 12.4 Å². The molecule has 5 nitrogen and oxygen atoms in total. The second-order valence-corrected chi connectivity index (χ2v) is 5.71. The van der Waals surface area contributed by atoms with Crippen molar-refractivity contribution in [2.24, 2.45) is 0 Å². The number of hydrogen-bond donors (Lipinski definition) is 2. The predicted molar refractivity (Wildman–Crippen MR) is 59.3 cm³/mol. The first-order valence-corrected chi connectivity index (χ1v) is 6.99. The summed E-state index contributed by atoms with van der Waals surface area (Å²) in [7, 11) is -1.64. The van der Waals surface area contributed by atoms with Gasteiger partial charge >= 0.3 is 0 Å². The van der Waals surface area contributed by atoms with Gasteiger partial charge in [-0.2, -0.15) is 0 Å². The minimum absolute atomic E-state index is 0.0432. The van der Waals surface area contributed by atoms with Gasteiger partial charge in [-0.25, -0.2) is 13.1 Å². The van der Waals surface area contributed by atoms with Crippen molar-refractivity contribution in [2.75, 3.05) is 32.6 Å². The molecule has 1 saturated heterocycles. The fourth-order valence-electron chi connectivity index (χ4n) is 1.66. The largest absolute Gasteiger partial charge is 0.384 e. The zero-order chi connectivity index (χ0) is 11.1. The summed E-state index contributed by atoms with van der Waals surface area (Å²) in [5.41, 5.74) is 0. The summed E-state index contributed by atoms with van der Waals surface area (Å²) in [6.07, 6.45) is 3.22. The molecule has 2 N–H and O–H groups in total. The maximum absolute atomic E-state index is 11.4. The van der Waals surface area contributed by atoms with Crippen molar-refractivity contribution < 1.29 is 13.2 Å². The molecule has 0 spiro atoms. The molecule has 0 radical (unpaired) electrons. The summed E-state index contributed by atoms with van der Waals surface area (Å²) in [4.78, 5) is 0. The van der Waals surface area contributed by atoms with Crippen molar-refractivity contribution in [3.63, 3.8) is 0 Å². The van der Waals surface area contributed by atoms with Crippen LogP contribution in [0.5, 0.6) is 0 Å². The van der Waals surface area contributed by atoms with Gasteiger partial charge in [-0.15, -0.1) is 0 Å². The lowest BCUT2D eigenvalue weighted by atomic mass is 10.2. The molecule has 0 amide bonds. The third kappa shape index (κ3) is 5.46. The Morgan fingerprint density at radius 3 is 2.93 bits per heavy atom. The Kier molecular flexibility index (Phi) is 5.52. The van der Waals surface area contributed by atoms with E-state index in [2.05, 4.69) is 10.0 Å². The monoisotopic (exact) mass is 236 g/mol. The van der Waals surface area contributed by atoms with E-state index in [9.17, 15) is 8.42 Å². The second-order valence-electron chi connectivity index (χ2n) is 3.79. The van der Waals surface area contributed by atoms with Crippen molar-refractivity contribution in [1.29, 1.82) is 0 Å². The average Bonchev–Trinajstić information content (AvgIpc) is 2.67. The Morgan fingerprint density at radius 1 is 1.53 bits per heavy atom. The van der Waals surface area contributed by atoms with E-state index in [0.29, 0.717) is 12.6 Å². The van der Waals surface area contributed by atoms with Crippen LogP contribution in [0.2, 0.25) is 0 Å². The van der Waals surface area contributed by atoms with Crippen LogP contribution in [0.25, 0.3) is 0 Å². The molecule has 1 aliphatic heterocycles. The third-order valence-corrected chi connectivity index (χ3v) is 3.88. The Balaban J connectivity index is 2.12. The smallest absolute Gasteiger partial charge is 0.213 e. The Labute approximate surface area is 91.6 Å². The van der Waals surface area contributed by atoms with Gasteiger partial charge in [-0.3, -0.25) is 0 Å². The summed E-state index contributed by atoms with van der Waals surface area (Å²) < 4.78 is 30.0. The zero-order valence-corrected chi connectivity index (χ0v) is 9.98. The van der Waals surface area contributed by atoms with Crippen molar-refractivity contribution in [3.05, 3.63) is 0 Å². The summed E-state index contributed by atoms with van der Waals surface area (Å²) in [6.45, 7) is 1.82. The molecule has 1 aliphatic rings. The second kappa shape index (κ2) is 6.42. The Bertz CT molecular complexity index is 261. The van der Waals surface area contributed by atoms with Gasteiger partial charge < -0.3 is 10.1 Å². The molecule has 15 heavy (non-hydrogen) atoms. The molecular weight excluding hydrogens is 216 g/mol. The van der Waals surface area contributed by atoms with Gasteiger partial charge in [0.15, 0.2) is 0 Å². The van der Waals surface area contributed by atoms with Gasteiger partial charge in [0.25, 0.3) is 0 Å². The van der Waals surface area contributed by atoms with Gasteiger partial charge in [0.2, 0.25) is 10.0 Å². The standard InChI is InChI=1S/C9H20N2O3S/c1-14-7-8-15(12,13)11-6-4-9-3-2-5-10-9/h9-11H,2-8H2,1H3. The molecule has 0 aromatic heterocycles. The summed E-state index contributed by atoms with van der Waals surface area (Å²) in [5.74, 6) is 0.0432. The molecule has 0 aromatic rings. The van der Waals surface area contributed by atoms with Crippen LogP contribution in [-0.4, -0.2) is 47.0 Å². The number of nitrogens with one attached hydrogen (secondary N) is 2. The molecule has 0 aromatic carbocycles. The van der Waals surface area contributed by atoms with Gasteiger partial charge in [-0.05, 0) is 25.8 Å². The van der Waals surface area contributed by atoms with Gasteiger partial charge in [0.1, 0.15) is 0 Å². The van der Waals surface area contributed by atoms with Crippen LogP contribution in [0, 0.1) is 0 Å². The van der Waals surface area contributed by atoms with Crippen LogP contribution >= 0.6 is 0 Å². The number of rotatable bonds is 7. The van der Waals surface area contributed by atoms with E-state index >= 15 is 0 Å². The fourth-order valence-corrected chi connectivity index (χ4v) is 2.62. The van der Waals surface area contributed by atoms with Crippen molar-refractivity contribution in [3.8, 4) is 0 Å². The SMILES string of the molecule is COCCS(=O)(=O)NCCC1CCCN1. The first kappa shape index (κ1) is 12.9. The van der Waals surface area contributed by atoms with E-state index < -0.39 is 10.0 Å². The van der Waals surface area contributed by atoms with Crippen LogP contribution in [0.15, 0.2) is 0 Å². The number of methoxy groups -OCH3 is 1. The Morgan fingerprint density at radius 2 is 2.33 bits per heavy atom. The van der Waals surface area contributed by atoms with Gasteiger partial charge in [0, 0.05) is 19.7 Å². The molecule has 90 valence electrons. The summed E-state index contributed by atoms with van der Waals surface area (Å²) in [6, 6.07) is 0.482. The summed E-state index contributed by atoms with van der Waals surface area (Å²) >= 11 is 0. The molecule has 6 heteroatoms. The van der Waals surface area contributed by atoms with Crippen LogP contribution in [-0.2, 0) is 14.8 Å². The normalized spacial score (nSPS) is 22.1. The molecule has 1 unspecified atom stereocenters. The molecule has 1 heterocycles. The lowest BCUT2D eigenvalue weighted by Crippen LogP contribution is -2.32. The maximum Gasteiger partial charge on any atom is 0.213 e. The molecule has 1 rings (SSSR count). The van der Waals surface area contributed by atoms with Crippen LogP contribution in [0.4, 0.5) is 0 Å². The number of ether oxygens (including phenoxy) is 1. The molecule has 0 bridgehead atoms. The third-order valence-electron chi connectivity index (χ3n) is 2.53. The highest BCUT2D eigenvalue weighted by Crippen LogP contribution is 2.07. The average molecular weight is 236 g/mol. The highest BCUT2D eigenvalue weighted by molar-refractivity contribution is 7.89. The quantitative estimate of drug-likeness (QED) is 0.636. The lowest BCUT2D eigenvalue weighted by Gasteiger charge is -2.10. The molecule has 1 atom stereocenters. The minimum Gasteiger partial charge on any atom is -0.384 e. The minimum atomic E-state index is -3.14. The lowest BCUT2D eigenvalue weighted by molar-refractivity contribution is 0.217. The van der Waals surface area contributed by atoms with Gasteiger partial charge in [0.05, 0.1) is 12.4 Å². The summed E-state index contributed by atoms with van der Waals surface area (Å²) in [5, 5.41) is 3.33. The molecule has 0 aliphatic carbocycles. The van der Waals surface area contributed by atoms with Crippen LogP contribution in [0.3, 0.4) is 0 Å². The first-order chi connectivity index (χ1) is 7.14. The van der Waals surface area contributed by atoms with Crippen LogP contribution in [0.1, 0.15) is 19.3 Å². The van der Waals surface area contributed by atoms with E-state index in [4.69, 9.17) is 4.74 Å². The van der Waals surface area contributed by atoms with Gasteiger partial charge in [-0.1, -0.05) is 0 Å². The Hall–Kier alpha value is -0.170. The molecule has 1 fully saturated rings. The highest BCUT2D eigenvalue weighted by Gasteiger charge is 2.15.